The zero-order valence-electron chi connectivity index (χ0n) is 14.1. The number of nitrogens with one attached hydrogen (secondary N) is 1. The minimum absolute atomic E-state index is 0.155. The van der Waals surface area contributed by atoms with Gasteiger partial charge in [-0.3, -0.25) is 9.48 Å². The predicted molar refractivity (Wildman–Crippen MR) is 89.2 cm³/mol. The summed E-state index contributed by atoms with van der Waals surface area (Å²) < 4.78 is 21.2. The topological polar surface area (TPSA) is 56.1 Å². The van der Waals surface area contributed by atoms with Crippen LogP contribution in [0.2, 0.25) is 0 Å². The van der Waals surface area contributed by atoms with Gasteiger partial charge in [0, 0.05) is 30.1 Å². The fourth-order valence-corrected chi connectivity index (χ4v) is 2.87. The average Bonchev–Trinajstić information content (AvgIpc) is 3.18. The fourth-order valence-electron chi connectivity index (χ4n) is 2.87. The van der Waals surface area contributed by atoms with Gasteiger partial charge in [-0.05, 0) is 44.9 Å². The molecule has 1 aliphatic rings. The number of hydrogen-bond donors (Lipinski definition) is 1. The van der Waals surface area contributed by atoms with Crippen LogP contribution < -0.4 is 5.32 Å². The molecule has 0 radical (unpaired) electrons. The standard InChI is InChI=1S/C18H22FN3O2/c1-11(2)22-10-13(9-20-22)17-15(6-7-24-17)18(23)21-14-5-4-12(3)16(19)8-14/h4-5,8-11,15,17H,6-7H2,1-3H3,(H,21,23)/t15-,17+/m1/s1. The SMILES string of the molecule is Cc1ccc(NC(=O)[C@@H]2CCO[C@H]2c2cnn(C(C)C)c2)cc1F. The van der Waals surface area contributed by atoms with Crippen LogP contribution in [0.4, 0.5) is 10.1 Å². The first kappa shape index (κ1) is 16.6. The monoisotopic (exact) mass is 331 g/mol. The Hall–Kier alpha value is -2.21. The Morgan fingerprint density at radius 3 is 2.92 bits per heavy atom. The van der Waals surface area contributed by atoms with Crippen molar-refractivity contribution in [1.82, 2.24) is 9.78 Å². The van der Waals surface area contributed by atoms with E-state index in [0.29, 0.717) is 24.3 Å². The highest BCUT2D eigenvalue weighted by atomic mass is 19.1. The lowest BCUT2D eigenvalue weighted by molar-refractivity contribution is -0.121. The van der Waals surface area contributed by atoms with E-state index in [1.807, 2.05) is 24.7 Å². The molecule has 0 aliphatic carbocycles. The lowest BCUT2D eigenvalue weighted by Gasteiger charge is -2.17. The van der Waals surface area contributed by atoms with Crippen molar-refractivity contribution >= 4 is 11.6 Å². The maximum atomic E-state index is 13.6. The number of carbonyl (C=O) groups is 1. The fraction of sp³-hybridized carbons (Fsp3) is 0.444. The summed E-state index contributed by atoms with van der Waals surface area (Å²) in [6.07, 6.45) is 4.00. The lowest BCUT2D eigenvalue weighted by Crippen LogP contribution is -2.25. The van der Waals surface area contributed by atoms with Crippen molar-refractivity contribution in [1.29, 1.82) is 0 Å². The molecule has 3 rings (SSSR count). The van der Waals surface area contributed by atoms with Gasteiger partial charge in [0.25, 0.3) is 0 Å². The van der Waals surface area contributed by atoms with Crippen LogP contribution in [0.3, 0.4) is 0 Å². The minimum atomic E-state index is -0.328. The molecule has 24 heavy (non-hydrogen) atoms. The molecule has 1 N–H and O–H groups in total. The molecule has 1 aliphatic heterocycles. The maximum Gasteiger partial charge on any atom is 0.230 e. The third-order valence-electron chi connectivity index (χ3n) is 4.35. The minimum Gasteiger partial charge on any atom is -0.373 e. The van der Waals surface area contributed by atoms with Crippen LogP contribution in [0.25, 0.3) is 0 Å². The molecule has 1 aromatic heterocycles. The van der Waals surface area contributed by atoms with Crippen molar-refractivity contribution in [2.45, 2.75) is 39.3 Å². The number of aromatic nitrogens is 2. The Morgan fingerprint density at radius 2 is 2.25 bits per heavy atom. The van der Waals surface area contributed by atoms with Crippen LogP contribution in [0, 0.1) is 18.7 Å². The molecule has 0 spiro atoms. The largest absolute Gasteiger partial charge is 0.373 e. The van der Waals surface area contributed by atoms with E-state index in [1.54, 1.807) is 25.3 Å². The molecule has 2 heterocycles. The summed E-state index contributed by atoms with van der Waals surface area (Å²) in [5, 5.41) is 7.11. The number of amides is 1. The number of hydrogen-bond acceptors (Lipinski definition) is 3. The summed E-state index contributed by atoms with van der Waals surface area (Å²) >= 11 is 0. The van der Waals surface area contributed by atoms with E-state index < -0.39 is 0 Å². The van der Waals surface area contributed by atoms with E-state index in [4.69, 9.17) is 4.74 Å². The van der Waals surface area contributed by atoms with E-state index in [2.05, 4.69) is 10.4 Å². The Labute approximate surface area is 140 Å². The van der Waals surface area contributed by atoms with Gasteiger partial charge in [0.1, 0.15) is 5.82 Å². The second kappa shape index (κ2) is 6.73. The number of aryl methyl sites for hydroxylation is 1. The molecule has 128 valence electrons. The quantitative estimate of drug-likeness (QED) is 0.931. The summed E-state index contributed by atoms with van der Waals surface area (Å²) in [6, 6.07) is 4.95. The number of ether oxygens (including phenoxy) is 1. The summed E-state index contributed by atoms with van der Waals surface area (Å²) in [6.45, 7) is 6.30. The number of benzene rings is 1. The third-order valence-corrected chi connectivity index (χ3v) is 4.35. The van der Waals surface area contributed by atoms with Crippen LogP contribution in [0.15, 0.2) is 30.6 Å². The Morgan fingerprint density at radius 1 is 1.46 bits per heavy atom. The van der Waals surface area contributed by atoms with Gasteiger partial charge in [-0.15, -0.1) is 0 Å². The van der Waals surface area contributed by atoms with E-state index in [1.165, 1.54) is 6.07 Å². The molecule has 1 amide bonds. The molecule has 6 heteroatoms. The summed E-state index contributed by atoms with van der Waals surface area (Å²) in [5.41, 5.74) is 1.92. The van der Waals surface area contributed by atoms with Crippen molar-refractivity contribution < 1.29 is 13.9 Å². The summed E-state index contributed by atoms with van der Waals surface area (Å²) in [4.78, 5) is 12.6. The van der Waals surface area contributed by atoms with Gasteiger partial charge < -0.3 is 10.1 Å². The van der Waals surface area contributed by atoms with Crippen LogP contribution in [0.5, 0.6) is 0 Å². The Balaban J connectivity index is 1.74. The normalized spacial score (nSPS) is 20.5. The number of nitrogens with zero attached hydrogens (tertiary/aromatic N) is 2. The molecule has 0 unspecified atom stereocenters. The maximum absolute atomic E-state index is 13.6. The third kappa shape index (κ3) is 3.33. The van der Waals surface area contributed by atoms with Crippen LogP contribution in [-0.4, -0.2) is 22.3 Å². The first-order valence-corrected chi connectivity index (χ1v) is 8.18. The summed E-state index contributed by atoms with van der Waals surface area (Å²) in [7, 11) is 0. The van der Waals surface area contributed by atoms with Crippen molar-refractivity contribution in [3.63, 3.8) is 0 Å². The van der Waals surface area contributed by atoms with Crippen LogP contribution >= 0.6 is 0 Å². The highest BCUT2D eigenvalue weighted by molar-refractivity contribution is 5.93. The first-order valence-electron chi connectivity index (χ1n) is 8.18. The second-order valence-corrected chi connectivity index (χ2v) is 6.49. The zero-order chi connectivity index (χ0) is 17.3. The molecular weight excluding hydrogens is 309 g/mol. The van der Waals surface area contributed by atoms with Gasteiger partial charge in [-0.25, -0.2) is 4.39 Å². The van der Waals surface area contributed by atoms with Gasteiger partial charge >= 0.3 is 0 Å². The highest BCUT2D eigenvalue weighted by Crippen LogP contribution is 2.35. The molecule has 1 aromatic carbocycles. The number of anilines is 1. The van der Waals surface area contributed by atoms with Crippen molar-refractivity contribution in [2.75, 3.05) is 11.9 Å². The Kier molecular flexibility index (Phi) is 4.66. The molecule has 5 nitrogen and oxygen atoms in total. The van der Waals surface area contributed by atoms with Crippen molar-refractivity contribution in [2.24, 2.45) is 5.92 Å². The van der Waals surface area contributed by atoms with Crippen molar-refractivity contribution in [3.05, 3.63) is 47.5 Å². The molecule has 2 atom stereocenters. The molecule has 0 saturated carbocycles. The molecule has 1 fully saturated rings. The Bertz CT molecular complexity index is 742. The highest BCUT2D eigenvalue weighted by Gasteiger charge is 2.36. The smallest absolute Gasteiger partial charge is 0.230 e. The summed E-state index contributed by atoms with van der Waals surface area (Å²) in [5.74, 6) is -0.789. The van der Waals surface area contributed by atoms with E-state index >= 15 is 0 Å². The second-order valence-electron chi connectivity index (χ2n) is 6.49. The number of carbonyl (C=O) groups excluding carboxylic acids is 1. The van der Waals surface area contributed by atoms with Gasteiger partial charge in [-0.2, -0.15) is 5.10 Å². The number of halogens is 1. The average molecular weight is 331 g/mol. The van der Waals surface area contributed by atoms with E-state index in [-0.39, 0.29) is 29.8 Å². The predicted octanol–water partition coefficient (Wildman–Crippen LogP) is 3.63. The van der Waals surface area contributed by atoms with Gasteiger partial charge in [0.05, 0.1) is 18.2 Å². The first-order chi connectivity index (χ1) is 11.5. The van der Waals surface area contributed by atoms with E-state index in [0.717, 1.165) is 5.56 Å². The molecular formula is C18H22FN3O2. The van der Waals surface area contributed by atoms with Crippen molar-refractivity contribution in [3.8, 4) is 0 Å². The lowest BCUT2D eigenvalue weighted by atomic mass is 9.96. The molecule has 2 aromatic rings. The van der Waals surface area contributed by atoms with Crippen LogP contribution in [0.1, 0.15) is 43.5 Å². The van der Waals surface area contributed by atoms with Gasteiger partial charge in [-0.1, -0.05) is 6.07 Å². The zero-order valence-corrected chi connectivity index (χ0v) is 14.1. The van der Waals surface area contributed by atoms with Gasteiger partial charge in [0.2, 0.25) is 5.91 Å². The van der Waals surface area contributed by atoms with E-state index in [9.17, 15) is 9.18 Å². The van der Waals surface area contributed by atoms with Gasteiger partial charge in [0.15, 0.2) is 0 Å². The molecule has 1 saturated heterocycles. The molecule has 0 bridgehead atoms. The number of rotatable bonds is 4. The van der Waals surface area contributed by atoms with Crippen LogP contribution in [-0.2, 0) is 9.53 Å².